The van der Waals surface area contributed by atoms with Gasteiger partial charge in [-0.05, 0) is 50.4 Å². The number of aliphatic hydroxyl groups is 1. The lowest BCUT2D eigenvalue weighted by Crippen LogP contribution is -2.70. The van der Waals surface area contributed by atoms with Crippen molar-refractivity contribution in [1.29, 1.82) is 0 Å². The molecule has 10 atom stereocenters. The molecule has 4 N–H and O–H groups in total. The zero-order valence-corrected chi connectivity index (χ0v) is 24.4. The fourth-order valence-corrected chi connectivity index (χ4v) is 6.84. The van der Waals surface area contributed by atoms with Gasteiger partial charge >= 0.3 is 11.9 Å². The Morgan fingerprint density at radius 1 is 1.00 bits per heavy atom. The lowest BCUT2D eigenvalue weighted by molar-refractivity contribution is -0.576. The number of esters is 1. The van der Waals surface area contributed by atoms with Gasteiger partial charge in [0.1, 0.15) is 12.1 Å². The van der Waals surface area contributed by atoms with E-state index in [2.05, 4.69) is 17.6 Å². The second-order valence-electron chi connectivity index (χ2n) is 12.6. The van der Waals surface area contributed by atoms with Gasteiger partial charge in [0.05, 0.1) is 13.0 Å². The zero-order valence-electron chi connectivity index (χ0n) is 24.4. The molecule has 0 radical (unpaired) electrons. The van der Waals surface area contributed by atoms with Gasteiger partial charge in [0.2, 0.25) is 23.9 Å². The van der Waals surface area contributed by atoms with Crippen molar-refractivity contribution >= 4 is 23.8 Å². The molecule has 4 saturated heterocycles. The lowest BCUT2D eigenvalue weighted by Gasteiger charge is -2.59. The number of carbonyl (C=O) groups excluding carboxylic acids is 3. The predicted molar refractivity (Wildman–Crippen MR) is 140 cm³/mol. The summed E-state index contributed by atoms with van der Waals surface area (Å²) in [6.07, 6.45) is 1.49. The van der Waals surface area contributed by atoms with Gasteiger partial charge in [0.25, 0.3) is 0 Å². The third-order valence-corrected chi connectivity index (χ3v) is 9.06. The van der Waals surface area contributed by atoms with E-state index in [1.807, 2.05) is 27.7 Å². The van der Waals surface area contributed by atoms with Crippen LogP contribution in [0.4, 0.5) is 0 Å². The van der Waals surface area contributed by atoms with Crippen LogP contribution in [0.25, 0.3) is 0 Å². The number of carbonyl (C=O) groups is 4. The van der Waals surface area contributed by atoms with E-state index in [0.29, 0.717) is 12.3 Å². The molecule has 2 bridgehead atoms. The second-order valence-corrected chi connectivity index (χ2v) is 12.6. The summed E-state index contributed by atoms with van der Waals surface area (Å²) in [4.78, 5) is 61.2. The molecular weight excluding hydrogens is 540 g/mol. The summed E-state index contributed by atoms with van der Waals surface area (Å²) in [6.45, 7) is 8.89. The molecule has 41 heavy (non-hydrogen) atoms. The van der Waals surface area contributed by atoms with E-state index in [1.54, 1.807) is 0 Å². The molecule has 1 saturated carbocycles. The van der Waals surface area contributed by atoms with Crippen molar-refractivity contribution in [1.82, 2.24) is 10.6 Å². The summed E-state index contributed by atoms with van der Waals surface area (Å²) in [5.74, 6) is -3.92. The molecule has 1 spiro atoms. The summed E-state index contributed by atoms with van der Waals surface area (Å²) in [6, 6.07) is -2.52. The number of fused-ring (bicyclic) bond motifs is 2. The Bertz CT molecular complexity index is 1010. The molecule has 4 aliphatic heterocycles. The van der Waals surface area contributed by atoms with E-state index in [1.165, 1.54) is 0 Å². The van der Waals surface area contributed by atoms with Crippen LogP contribution in [0.3, 0.4) is 0 Å². The average molecular weight is 585 g/mol. The molecule has 232 valence electrons. The number of hydrogen-bond donors (Lipinski definition) is 4. The van der Waals surface area contributed by atoms with Crippen LogP contribution in [0.15, 0.2) is 0 Å². The molecule has 4 heterocycles. The topological polar surface area (TPSA) is 179 Å². The maximum Gasteiger partial charge on any atom is 0.328 e. The smallest absolute Gasteiger partial charge is 0.328 e. The standard InChI is InChI=1S/C28H44N2O11/c1-14(2)12-19(23(34)30-20(13-31)24(35)36)29-21(32)8-9-22(33)37-25-16(4)18-7-6-15(3)17-10-11-27(5)39-26(38-25)28(17,18)41-40-27/h14-20,25-26,31H,6-13H2,1-5H3,(H,29,32)(H,30,34)(H,35,36)/t15-,16+,17+,18-,19+,20-,25-,26+,27-,28-/m1/s1. The highest BCUT2D eigenvalue weighted by Gasteiger charge is 2.69. The number of aliphatic carboxylic acids is 1. The maximum absolute atomic E-state index is 12.8. The van der Waals surface area contributed by atoms with Crippen molar-refractivity contribution in [3.05, 3.63) is 0 Å². The van der Waals surface area contributed by atoms with Gasteiger partial charge in [-0.2, -0.15) is 0 Å². The third kappa shape index (κ3) is 6.53. The van der Waals surface area contributed by atoms with Crippen LogP contribution in [-0.4, -0.2) is 76.6 Å². The van der Waals surface area contributed by atoms with Gasteiger partial charge in [0.15, 0.2) is 11.9 Å². The summed E-state index contributed by atoms with van der Waals surface area (Å²) >= 11 is 0. The van der Waals surface area contributed by atoms with Gasteiger partial charge in [-0.25, -0.2) is 14.6 Å². The number of hydrogen-bond acceptors (Lipinski definition) is 10. The largest absolute Gasteiger partial charge is 0.480 e. The minimum atomic E-state index is -1.49. The number of carboxylic acids is 1. The number of carboxylic acid groups (broad SMARTS) is 1. The highest BCUT2D eigenvalue weighted by molar-refractivity contribution is 5.91. The number of nitrogens with one attached hydrogen (secondary N) is 2. The Morgan fingerprint density at radius 3 is 2.39 bits per heavy atom. The first-order chi connectivity index (χ1) is 19.3. The molecule has 0 aromatic rings. The van der Waals surface area contributed by atoms with Crippen molar-refractivity contribution < 1.29 is 53.4 Å². The van der Waals surface area contributed by atoms with Crippen LogP contribution in [0.2, 0.25) is 0 Å². The minimum Gasteiger partial charge on any atom is -0.480 e. The summed E-state index contributed by atoms with van der Waals surface area (Å²) < 4.78 is 18.2. The van der Waals surface area contributed by atoms with Crippen LogP contribution < -0.4 is 10.6 Å². The molecular formula is C28H44N2O11. The second kappa shape index (κ2) is 12.5. The van der Waals surface area contributed by atoms with Gasteiger partial charge in [0, 0.05) is 24.7 Å². The van der Waals surface area contributed by atoms with Crippen molar-refractivity contribution in [2.75, 3.05) is 6.61 Å². The van der Waals surface area contributed by atoms with E-state index < -0.39 is 66.4 Å². The Labute approximate surface area is 239 Å². The summed E-state index contributed by atoms with van der Waals surface area (Å²) in [5, 5.41) is 23.1. The molecule has 0 aromatic heterocycles. The highest BCUT2D eigenvalue weighted by Crippen LogP contribution is 2.60. The Balaban J connectivity index is 1.35. The SMILES string of the molecule is CC(C)C[C@H](NC(=O)CCC(=O)O[C@@H]1O[C@H]2O[C@@]3(C)CC[C@H]4[C@H](C)CC[C@H]([C@@H]1C)[C@@]24OO3)C(=O)N[C@H](CO)C(=O)O. The number of amides is 2. The Kier molecular flexibility index (Phi) is 9.64. The molecule has 5 rings (SSSR count). The fourth-order valence-electron chi connectivity index (χ4n) is 6.84. The number of rotatable bonds is 11. The van der Waals surface area contributed by atoms with Gasteiger partial charge in [-0.15, -0.1) is 0 Å². The van der Waals surface area contributed by atoms with E-state index in [4.69, 9.17) is 29.1 Å². The first-order valence-corrected chi connectivity index (χ1v) is 14.6. The lowest BCUT2D eigenvalue weighted by atomic mass is 9.58. The number of aliphatic hydroxyl groups excluding tert-OH is 1. The zero-order chi connectivity index (χ0) is 30.1. The minimum absolute atomic E-state index is 0.00198. The van der Waals surface area contributed by atoms with Gasteiger partial charge < -0.3 is 35.1 Å². The van der Waals surface area contributed by atoms with Crippen LogP contribution in [-0.2, 0) is 43.2 Å². The molecule has 0 aromatic carbocycles. The van der Waals surface area contributed by atoms with Crippen molar-refractivity contribution in [2.45, 2.75) is 116 Å². The third-order valence-electron chi connectivity index (χ3n) is 9.06. The molecule has 13 nitrogen and oxygen atoms in total. The maximum atomic E-state index is 12.8. The van der Waals surface area contributed by atoms with Crippen molar-refractivity contribution in [3.63, 3.8) is 0 Å². The quantitative estimate of drug-likeness (QED) is 0.205. The van der Waals surface area contributed by atoms with E-state index in [-0.39, 0.29) is 42.9 Å². The van der Waals surface area contributed by atoms with E-state index in [9.17, 15) is 24.3 Å². The average Bonchev–Trinajstić information content (AvgIpc) is 3.13. The first kappa shape index (κ1) is 31.6. The first-order valence-electron chi connectivity index (χ1n) is 14.6. The fraction of sp³-hybridized carbons (Fsp3) is 0.857. The predicted octanol–water partition coefficient (Wildman–Crippen LogP) is 1.61. The summed E-state index contributed by atoms with van der Waals surface area (Å²) in [5.41, 5.74) is -0.780. The van der Waals surface area contributed by atoms with Crippen molar-refractivity contribution in [3.8, 4) is 0 Å². The normalized spacial score (nSPS) is 37.3. The summed E-state index contributed by atoms with van der Waals surface area (Å²) in [7, 11) is 0. The molecule has 5 aliphatic rings. The van der Waals surface area contributed by atoms with E-state index in [0.717, 1.165) is 19.3 Å². The van der Waals surface area contributed by atoms with Crippen LogP contribution >= 0.6 is 0 Å². The number of ether oxygens (including phenoxy) is 3. The molecule has 0 unspecified atom stereocenters. The highest BCUT2D eigenvalue weighted by atomic mass is 17.3. The molecule has 5 fully saturated rings. The molecule has 1 aliphatic carbocycles. The molecule has 13 heteroatoms. The van der Waals surface area contributed by atoms with Crippen LogP contribution in [0.5, 0.6) is 0 Å². The van der Waals surface area contributed by atoms with Crippen LogP contribution in [0.1, 0.15) is 79.6 Å². The Morgan fingerprint density at radius 2 is 1.73 bits per heavy atom. The molecule has 2 amide bonds. The van der Waals surface area contributed by atoms with Crippen molar-refractivity contribution in [2.24, 2.45) is 29.6 Å². The van der Waals surface area contributed by atoms with Gasteiger partial charge in [-0.1, -0.05) is 27.7 Å². The van der Waals surface area contributed by atoms with E-state index >= 15 is 0 Å². The van der Waals surface area contributed by atoms with Crippen LogP contribution in [0, 0.1) is 29.6 Å². The monoisotopic (exact) mass is 584 g/mol. The van der Waals surface area contributed by atoms with Gasteiger partial charge in [-0.3, -0.25) is 14.4 Å². The Hall–Kier alpha value is -2.32.